The molecular weight excluding hydrogens is 322 g/mol. The third-order valence-electron chi connectivity index (χ3n) is 3.50. The lowest BCUT2D eigenvalue weighted by Gasteiger charge is -2.22. The van der Waals surface area contributed by atoms with Crippen molar-refractivity contribution in [2.45, 2.75) is 32.0 Å². The Kier molecular flexibility index (Phi) is 6.32. The van der Waals surface area contributed by atoms with Crippen LogP contribution >= 0.6 is 0 Å². The molecule has 2 aromatic rings. The average molecular weight is 344 g/mol. The van der Waals surface area contributed by atoms with Crippen LogP contribution in [0.25, 0.3) is 4.51 Å². The number of carbonyl (C=O) groups excluding carboxylic acids is 1. The van der Waals surface area contributed by atoms with Gasteiger partial charge in [-0.15, -0.1) is 0 Å². The zero-order valence-corrected chi connectivity index (χ0v) is 15.8. The summed E-state index contributed by atoms with van der Waals surface area (Å²) >= 11 is 0. The number of ketones is 1. The minimum atomic E-state index is -1.72. The maximum absolute atomic E-state index is 12.7. The number of benzene rings is 2. The van der Waals surface area contributed by atoms with E-state index in [1.165, 1.54) is 0 Å². The van der Waals surface area contributed by atoms with Crippen LogP contribution in [0.3, 0.4) is 0 Å². The zero-order chi connectivity index (χ0) is 16.2. The molecule has 2 aromatic carbocycles. The van der Waals surface area contributed by atoms with Crippen molar-refractivity contribution in [3.05, 3.63) is 76.3 Å². The third-order valence-corrected chi connectivity index (χ3v) is 4.28. The highest BCUT2D eigenvalue weighted by Crippen LogP contribution is 2.33. The van der Waals surface area contributed by atoms with Gasteiger partial charge in [-0.05, 0) is 18.1 Å². The van der Waals surface area contributed by atoms with E-state index < -0.39 is 13.7 Å². The molecule has 0 spiro atoms. The summed E-state index contributed by atoms with van der Waals surface area (Å²) in [4.78, 5) is 12.7. The lowest BCUT2D eigenvalue weighted by atomic mass is 9.73. The first-order chi connectivity index (χ1) is 10.4. The number of nitrogens with zero attached hydrogens (tertiary/aromatic N) is 1. The van der Waals surface area contributed by atoms with Gasteiger partial charge in [-0.3, -0.25) is 4.79 Å². The molecule has 0 aliphatic carbocycles. The SMILES string of the molecule is CC(=O)C(C#[N+][Si](C)(C)C)(c1ccccc1)c1ccccc1.[Cl-]. The van der Waals surface area contributed by atoms with Crippen LogP contribution in [0.4, 0.5) is 0 Å². The van der Waals surface area contributed by atoms with Crippen molar-refractivity contribution in [2.24, 2.45) is 0 Å². The van der Waals surface area contributed by atoms with Crippen LogP contribution in [0, 0.1) is 6.07 Å². The molecule has 0 radical (unpaired) electrons. The molecule has 0 N–H and O–H groups in total. The van der Waals surface area contributed by atoms with Crippen LogP contribution in [-0.2, 0) is 10.2 Å². The molecule has 0 aliphatic heterocycles. The molecule has 0 fully saturated rings. The van der Waals surface area contributed by atoms with Gasteiger partial charge in [-0.2, -0.15) is 4.51 Å². The van der Waals surface area contributed by atoms with Crippen molar-refractivity contribution < 1.29 is 17.2 Å². The van der Waals surface area contributed by atoms with Gasteiger partial charge in [0, 0.05) is 19.6 Å². The Morgan fingerprint density at radius 3 is 1.61 bits per heavy atom. The van der Waals surface area contributed by atoms with Crippen LogP contribution < -0.4 is 12.4 Å². The average Bonchev–Trinajstić information content (AvgIpc) is 2.49. The van der Waals surface area contributed by atoms with Gasteiger partial charge in [0.1, 0.15) is 0 Å². The largest absolute Gasteiger partial charge is 1.00 e. The van der Waals surface area contributed by atoms with Gasteiger partial charge < -0.3 is 12.4 Å². The summed E-state index contributed by atoms with van der Waals surface area (Å²) in [5.41, 5.74) is 0.898. The summed E-state index contributed by atoms with van der Waals surface area (Å²) in [6.45, 7) is 8.04. The molecule has 0 saturated carbocycles. The molecule has 120 valence electrons. The first-order valence-corrected chi connectivity index (χ1v) is 10.9. The van der Waals surface area contributed by atoms with Gasteiger partial charge in [-0.1, -0.05) is 60.7 Å². The minimum absolute atomic E-state index is 0. The molecule has 0 atom stereocenters. The maximum Gasteiger partial charge on any atom is 0.499 e. The van der Waals surface area contributed by atoms with Crippen LogP contribution in [0.5, 0.6) is 0 Å². The standard InChI is InChI=1S/C19H22NOSi.ClH/c1-16(21)19(15-20-22(2,3)4,17-11-7-5-8-12-17)18-13-9-6-10-14-18;/h5-14H,1-4H3;1H/q+1;/p-1. The van der Waals surface area contributed by atoms with Crippen LogP contribution in [0.1, 0.15) is 18.1 Å². The lowest BCUT2D eigenvalue weighted by molar-refractivity contribution is -0.119. The van der Waals surface area contributed by atoms with Crippen molar-refractivity contribution >= 4 is 14.0 Å². The monoisotopic (exact) mass is 343 g/mol. The normalized spacial score (nSPS) is 11.0. The summed E-state index contributed by atoms with van der Waals surface area (Å²) < 4.78 is 4.67. The smallest absolute Gasteiger partial charge is 0.499 e. The number of rotatable bonds is 3. The third kappa shape index (κ3) is 4.31. The molecule has 2 nitrogen and oxygen atoms in total. The highest BCUT2D eigenvalue weighted by atomic mass is 35.5. The Labute approximate surface area is 145 Å². The van der Waals surface area contributed by atoms with E-state index in [-0.39, 0.29) is 18.2 Å². The van der Waals surface area contributed by atoms with E-state index in [2.05, 4.69) is 30.2 Å². The van der Waals surface area contributed by atoms with E-state index in [0.717, 1.165) is 11.1 Å². The second-order valence-electron chi connectivity index (χ2n) is 6.43. The first-order valence-electron chi connectivity index (χ1n) is 7.47. The highest BCUT2D eigenvalue weighted by molar-refractivity contribution is 6.79. The highest BCUT2D eigenvalue weighted by Gasteiger charge is 2.44. The fraction of sp³-hybridized carbons (Fsp3) is 0.263. The molecule has 0 amide bonds. The van der Waals surface area contributed by atoms with Crippen LogP contribution in [-0.4, -0.2) is 14.0 Å². The molecule has 2 rings (SSSR count). The van der Waals surface area contributed by atoms with E-state index in [9.17, 15) is 4.79 Å². The molecule has 0 bridgehead atoms. The van der Waals surface area contributed by atoms with Gasteiger partial charge in [0.05, 0.1) is 0 Å². The summed E-state index contributed by atoms with van der Waals surface area (Å²) in [7, 11) is -1.72. The van der Waals surface area contributed by atoms with Crippen LogP contribution in [0.2, 0.25) is 19.6 Å². The minimum Gasteiger partial charge on any atom is -1.00 e. The number of hydrogen-bond donors (Lipinski definition) is 0. The molecule has 0 aromatic heterocycles. The quantitative estimate of drug-likeness (QED) is 0.778. The van der Waals surface area contributed by atoms with Crippen molar-refractivity contribution in [3.8, 4) is 6.07 Å². The Morgan fingerprint density at radius 2 is 1.30 bits per heavy atom. The van der Waals surface area contributed by atoms with E-state index in [1.54, 1.807) is 6.92 Å². The fourth-order valence-corrected chi connectivity index (χ4v) is 2.91. The molecule has 23 heavy (non-hydrogen) atoms. The van der Waals surface area contributed by atoms with Gasteiger partial charge >= 0.3 is 8.24 Å². The Balaban J connectivity index is 0.00000264. The molecule has 0 heterocycles. The Morgan fingerprint density at radius 1 is 0.913 bits per heavy atom. The van der Waals surface area contributed by atoms with E-state index in [0.29, 0.717) is 0 Å². The summed E-state index contributed by atoms with van der Waals surface area (Å²) in [5.74, 6) is 0.0342. The molecule has 4 heteroatoms. The van der Waals surface area contributed by atoms with Gasteiger partial charge in [-0.25, -0.2) is 0 Å². The van der Waals surface area contributed by atoms with E-state index >= 15 is 0 Å². The van der Waals surface area contributed by atoms with Crippen molar-refractivity contribution in [1.29, 1.82) is 0 Å². The first kappa shape index (κ1) is 19.2. The molecule has 0 saturated heterocycles. The summed E-state index contributed by atoms with van der Waals surface area (Å²) in [6.07, 6.45) is 0. The van der Waals surface area contributed by atoms with Gasteiger partial charge in [0.15, 0.2) is 5.78 Å². The van der Waals surface area contributed by atoms with Crippen molar-refractivity contribution in [3.63, 3.8) is 0 Å². The fourth-order valence-electron chi connectivity index (χ4n) is 2.41. The van der Waals surface area contributed by atoms with Gasteiger partial charge in [0.25, 0.3) is 6.07 Å². The number of Topliss-reactive ketones (excluding diaryl/α,β-unsaturated/α-hetero) is 1. The maximum atomic E-state index is 12.7. The lowest BCUT2D eigenvalue weighted by Crippen LogP contribution is -3.00. The van der Waals surface area contributed by atoms with E-state index in [1.807, 2.05) is 60.7 Å². The predicted molar refractivity (Wildman–Crippen MR) is 94.9 cm³/mol. The summed E-state index contributed by atoms with van der Waals surface area (Å²) in [6, 6.07) is 22.8. The predicted octanol–water partition coefficient (Wildman–Crippen LogP) is 1.73. The Hall–Kier alpha value is -1.89. The van der Waals surface area contributed by atoms with E-state index in [4.69, 9.17) is 0 Å². The van der Waals surface area contributed by atoms with Gasteiger partial charge in [0.2, 0.25) is 5.41 Å². The molecular formula is C19H22ClNOSi. The zero-order valence-electron chi connectivity index (χ0n) is 14.0. The number of hydrogen-bond acceptors (Lipinski definition) is 1. The summed E-state index contributed by atoms with van der Waals surface area (Å²) in [5, 5.41) is 0. The topological polar surface area (TPSA) is 21.4 Å². The number of carbonyl (C=O) groups is 1. The number of halogens is 1. The molecule has 0 aliphatic rings. The second kappa shape index (κ2) is 7.59. The van der Waals surface area contributed by atoms with Crippen LogP contribution in [0.15, 0.2) is 60.7 Å². The Bertz CT molecular complexity index is 672. The second-order valence-corrected chi connectivity index (χ2v) is 11.0. The van der Waals surface area contributed by atoms with Crippen molar-refractivity contribution in [2.75, 3.05) is 0 Å². The molecule has 0 unspecified atom stereocenters. The van der Waals surface area contributed by atoms with Crippen molar-refractivity contribution in [1.82, 2.24) is 0 Å².